The third-order valence-electron chi connectivity index (χ3n) is 4.38. The van der Waals surface area contributed by atoms with E-state index in [1.165, 1.54) is 29.4 Å². The molecule has 0 bridgehead atoms. The lowest BCUT2D eigenvalue weighted by Gasteiger charge is -2.09. The molecule has 0 atom stereocenters. The molecule has 0 saturated carbocycles. The molecule has 4 rings (SSSR count). The van der Waals surface area contributed by atoms with E-state index in [1.807, 2.05) is 23.6 Å². The SMILES string of the molecule is N#Cc1cccc(NC(=O)CSc2ccccc2C(=O)OCc2coc(-c3cccs3)n2)c1. The molecule has 1 N–H and O–H groups in total. The third kappa shape index (κ3) is 5.88. The largest absolute Gasteiger partial charge is 0.455 e. The second kappa shape index (κ2) is 10.6. The zero-order valence-electron chi connectivity index (χ0n) is 17.2. The number of rotatable bonds is 8. The molecule has 0 aliphatic carbocycles. The lowest BCUT2D eigenvalue weighted by molar-refractivity contribution is -0.113. The Morgan fingerprint density at radius 3 is 2.85 bits per heavy atom. The van der Waals surface area contributed by atoms with Crippen molar-refractivity contribution in [1.29, 1.82) is 5.26 Å². The molecule has 0 unspecified atom stereocenters. The number of nitrogens with zero attached hydrogens (tertiary/aromatic N) is 2. The number of benzene rings is 2. The minimum absolute atomic E-state index is 0.0254. The van der Waals surface area contributed by atoms with Crippen LogP contribution in [-0.2, 0) is 16.1 Å². The van der Waals surface area contributed by atoms with Gasteiger partial charge >= 0.3 is 5.97 Å². The number of thiophene rings is 1. The van der Waals surface area contributed by atoms with Gasteiger partial charge in [0.25, 0.3) is 0 Å². The fourth-order valence-corrected chi connectivity index (χ4v) is 4.37. The van der Waals surface area contributed by atoms with Gasteiger partial charge in [-0.15, -0.1) is 23.1 Å². The van der Waals surface area contributed by atoms with Crippen molar-refractivity contribution in [1.82, 2.24) is 4.98 Å². The van der Waals surface area contributed by atoms with Crippen molar-refractivity contribution < 1.29 is 18.7 Å². The minimum Gasteiger partial charge on any atom is -0.455 e. The first-order valence-electron chi connectivity index (χ1n) is 9.79. The first-order valence-corrected chi connectivity index (χ1v) is 11.7. The van der Waals surface area contributed by atoms with Gasteiger partial charge in [0.1, 0.15) is 18.6 Å². The quantitative estimate of drug-likeness (QED) is 0.270. The summed E-state index contributed by atoms with van der Waals surface area (Å²) in [6.45, 7) is -0.0254. The molecule has 0 spiro atoms. The van der Waals surface area contributed by atoms with Crippen molar-refractivity contribution in [2.45, 2.75) is 11.5 Å². The van der Waals surface area contributed by atoms with Crippen LogP contribution >= 0.6 is 23.1 Å². The van der Waals surface area contributed by atoms with Gasteiger partial charge in [0.2, 0.25) is 11.8 Å². The van der Waals surface area contributed by atoms with Crippen molar-refractivity contribution in [3.8, 4) is 16.8 Å². The Hall–Kier alpha value is -3.87. The summed E-state index contributed by atoms with van der Waals surface area (Å²) < 4.78 is 10.9. The smallest absolute Gasteiger partial charge is 0.339 e. The molecule has 33 heavy (non-hydrogen) atoms. The molecule has 2 aromatic heterocycles. The highest BCUT2D eigenvalue weighted by atomic mass is 32.2. The molecule has 0 radical (unpaired) electrons. The number of oxazole rings is 1. The summed E-state index contributed by atoms with van der Waals surface area (Å²) in [4.78, 5) is 30.8. The monoisotopic (exact) mass is 475 g/mol. The number of ether oxygens (including phenoxy) is 1. The standard InChI is InChI=1S/C24H17N3O4S2/c25-12-16-5-3-6-17(11-16)26-22(28)15-33-20-8-2-1-7-19(20)24(29)31-14-18-13-30-23(27-18)21-9-4-10-32-21/h1-11,13H,14-15H2,(H,26,28). The number of thioether (sulfide) groups is 1. The molecule has 2 aromatic carbocycles. The Kier molecular flexibility index (Phi) is 7.19. The van der Waals surface area contributed by atoms with E-state index in [9.17, 15) is 9.59 Å². The van der Waals surface area contributed by atoms with Crippen LogP contribution in [0.15, 0.2) is 81.6 Å². The van der Waals surface area contributed by atoms with E-state index in [0.29, 0.717) is 33.3 Å². The number of hydrogen-bond acceptors (Lipinski definition) is 8. The molecule has 2 heterocycles. The number of nitrogens with one attached hydrogen (secondary N) is 1. The molecule has 4 aromatic rings. The first-order chi connectivity index (χ1) is 16.1. The van der Waals surface area contributed by atoms with Crippen LogP contribution in [0.3, 0.4) is 0 Å². The molecule has 0 saturated heterocycles. The number of hydrogen-bond donors (Lipinski definition) is 1. The van der Waals surface area contributed by atoms with E-state index < -0.39 is 5.97 Å². The van der Waals surface area contributed by atoms with Gasteiger partial charge in [-0.2, -0.15) is 5.26 Å². The van der Waals surface area contributed by atoms with E-state index in [-0.39, 0.29) is 18.3 Å². The number of nitriles is 1. The van der Waals surface area contributed by atoms with Gasteiger partial charge in [0.05, 0.1) is 27.8 Å². The summed E-state index contributed by atoms with van der Waals surface area (Å²) in [5, 5.41) is 13.7. The zero-order valence-corrected chi connectivity index (χ0v) is 18.8. The number of esters is 1. The van der Waals surface area contributed by atoms with Crippen LogP contribution < -0.4 is 5.32 Å². The predicted octanol–water partition coefficient (Wildman–Crippen LogP) is 5.36. The fraction of sp³-hybridized carbons (Fsp3) is 0.0833. The summed E-state index contributed by atoms with van der Waals surface area (Å²) in [7, 11) is 0. The number of anilines is 1. The summed E-state index contributed by atoms with van der Waals surface area (Å²) in [5.74, 6) is -0.185. The molecule has 0 aliphatic heterocycles. The number of carbonyl (C=O) groups is 2. The molecule has 9 heteroatoms. The van der Waals surface area contributed by atoms with Gasteiger partial charge in [-0.1, -0.05) is 24.3 Å². The maximum atomic E-state index is 12.7. The van der Waals surface area contributed by atoms with Gasteiger partial charge in [-0.05, 0) is 41.8 Å². The van der Waals surface area contributed by atoms with Crippen molar-refractivity contribution in [2.75, 3.05) is 11.1 Å². The van der Waals surface area contributed by atoms with E-state index in [4.69, 9.17) is 14.4 Å². The van der Waals surface area contributed by atoms with Crippen LogP contribution in [-0.4, -0.2) is 22.6 Å². The Balaban J connectivity index is 1.34. The fourth-order valence-electron chi connectivity index (χ4n) is 2.87. The third-order valence-corrected chi connectivity index (χ3v) is 6.31. The average molecular weight is 476 g/mol. The van der Waals surface area contributed by atoms with Crippen molar-refractivity contribution in [2.24, 2.45) is 0 Å². The zero-order chi connectivity index (χ0) is 23.0. The Labute approximate surface area is 198 Å². The molecule has 164 valence electrons. The summed E-state index contributed by atoms with van der Waals surface area (Å²) in [5.41, 5.74) is 1.88. The van der Waals surface area contributed by atoms with E-state index in [2.05, 4.69) is 10.3 Å². The Morgan fingerprint density at radius 1 is 1.15 bits per heavy atom. The van der Waals surface area contributed by atoms with Crippen molar-refractivity contribution >= 4 is 40.7 Å². The van der Waals surface area contributed by atoms with Gasteiger partial charge in [0, 0.05) is 10.6 Å². The van der Waals surface area contributed by atoms with E-state index in [1.54, 1.807) is 48.5 Å². The highest BCUT2D eigenvalue weighted by Crippen LogP contribution is 2.26. The highest BCUT2D eigenvalue weighted by Gasteiger charge is 2.16. The molecular formula is C24H17N3O4S2. The molecule has 0 fully saturated rings. The summed E-state index contributed by atoms with van der Waals surface area (Å²) in [6, 6.07) is 19.4. The normalized spacial score (nSPS) is 10.4. The van der Waals surface area contributed by atoms with Crippen LogP contribution in [0.2, 0.25) is 0 Å². The van der Waals surface area contributed by atoms with Crippen LogP contribution in [0.5, 0.6) is 0 Å². The van der Waals surface area contributed by atoms with Crippen molar-refractivity contribution in [3.63, 3.8) is 0 Å². The summed E-state index contributed by atoms with van der Waals surface area (Å²) in [6.07, 6.45) is 1.47. The maximum Gasteiger partial charge on any atom is 0.339 e. The lowest BCUT2D eigenvalue weighted by Crippen LogP contribution is -2.14. The van der Waals surface area contributed by atoms with Gasteiger partial charge < -0.3 is 14.5 Å². The highest BCUT2D eigenvalue weighted by molar-refractivity contribution is 8.00. The Morgan fingerprint density at radius 2 is 2.03 bits per heavy atom. The van der Waals surface area contributed by atoms with Crippen molar-refractivity contribution in [3.05, 3.63) is 89.1 Å². The number of amides is 1. The van der Waals surface area contributed by atoms with Gasteiger partial charge in [-0.25, -0.2) is 9.78 Å². The second-order valence-electron chi connectivity index (χ2n) is 6.72. The Bertz CT molecular complexity index is 1310. The van der Waals surface area contributed by atoms with Crippen LogP contribution in [0.4, 0.5) is 5.69 Å². The molecule has 7 nitrogen and oxygen atoms in total. The van der Waals surface area contributed by atoms with Crippen LogP contribution in [0.1, 0.15) is 21.6 Å². The molecule has 1 amide bonds. The lowest BCUT2D eigenvalue weighted by atomic mass is 10.2. The van der Waals surface area contributed by atoms with Gasteiger partial charge in [0.15, 0.2) is 0 Å². The van der Waals surface area contributed by atoms with Crippen LogP contribution in [0, 0.1) is 11.3 Å². The maximum absolute atomic E-state index is 12.7. The predicted molar refractivity (Wildman–Crippen MR) is 126 cm³/mol. The first kappa shape index (κ1) is 22.3. The topological polar surface area (TPSA) is 105 Å². The molecular weight excluding hydrogens is 458 g/mol. The number of carbonyl (C=O) groups excluding carboxylic acids is 2. The molecule has 0 aliphatic rings. The number of aromatic nitrogens is 1. The average Bonchev–Trinajstić information content (AvgIpc) is 3.54. The minimum atomic E-state index is -0.513. The summed E-state index contributed by atoms with van der Waals surface area (Å²) >= 11 is 2.73. The second-order valence-corrected chi connectivity index (χ2v) is 8.69. The van der Waals surface area contributed by atoms with Gasteiger partial charge in [-0.3, -0.25) is 4.79 Å². The van der Waals surface area contributed by atoms with E-state index in [0.717, 1.165) is 4.88 Å². The van der Waals surface area contributed by atoms with E-state index >= 15 is 0 Å². The van der Waals surface area contributed by atoms with Crippen LogP contribution in [0.25, 0.3) is 10.8 Å².